The zero-order valence-electron chi connectivity index (χ0n) is 62.2. The molecule has 2 fully saturated rings. The lowest BCUT2D eigenvalue weighted by molar-refractivity contribution is -0.359. The smallest absolute Gasteiger partial charge is 0.220 e. The molecule has 0 spiro atoms. The number of hydrogen-bond donors (Lipinski definition) is 9. The van der Waals surface area contributed by atoms with Gasteiger partial charge in [0, 0.05) is 6.42 Å². The Labute approximate surface area is 602 Å². The number of unbranched alkanes of at least 4 members (excludes halogenated alkanes) is 30. The molecule has 2 saturated heterocycles. The first-order chi connectivity index (χ1) is 48.6. The predicted molar refractivity (Wildman–Crippen MR) is 410 cm³/mol. The standard InChI is InChI=1S/C85H145NO13/c1-3-5-7-9-11-13-15-17-19-21-23-25-27-29-31-33-34-35-36-37-38-39-40-41-43-45-47-49-51-53-55-57-59-61-63-65-67-69-77(90)86-73(72-96-84-82(95)80(93)83(76(71-88)98-84)99-85-81(94)79(92)78(91)75(70-87)97-85)74(89)68-66-64-62-60-58-56-54-52-50-48-46-44-42-32-30-28-26-24-22-20-18-16-14-12-10-8-6-4-2/h5,7,11,13,17,19,23,25,29,31,34-35,37-38,40-41,45,47,51,53,57,59,73-76,78-85,87-89,91-95H,3-4,6,8-10,12,14-16,18,20-22,24,26-28,30,32-33,36,39,42-44,46,48-50,52,54-56,58,60-72H2,1-2H3,(H,86,90)/b7-5-,13-11-,19-17-,25-23-,31-29-,35-34-,38-37-,41-40-,47-45-,53-51-,59-57-. The van der Waals surface area contributed by atoms with Crippen molar-refractivity contribution in [1.29, 1.82) is 0 Å². The molecule has 568 valence electrons. The van der Waals surface area contributed by atoms with E-state index in [4.69, 9.17) is 18.9 Å². The lowest BCUT2D eigenvalue weighted by Crippen LogP contribution is -2.65. The zero-order chi connectivity index (χ0) is 71.5. The highest BCUT2D eigenvalue weighted by atomic mass is 16.7. The van der Waals surface area contributed by atoms with E-state index in [0.29, 0.717) is 12.8 Å². The van der Waals surface area contributed by atoms with Gasteiger partial charge >= 0.3 is 0 Å². The molecular formula is C85H145NO13. The minimum Gasteiger partial charge on any atom is -0.394 e. The maximum absolute atomic E-state index is 13.4. The highest BCUT2D eigenvalue weighted by molar-refractivity contribution is 5.76. The fourth-order valence-electron chi connectivity index (χ4n) is 12.4. The van der Waals surface area contributed by atoms with Crippen molar-refractivity contribution in [3.63, 3.8) is 0 Å². The third-order valence-corrected chi connectivity index (χ3v) is 18.6. The van der Waals surface area contributed by atoms with Gasteiger partial charge in [-0.15, -0.1) is 0 Å². The first-order valence-electron chi connectivity index (χ1n) is 39.9. The number of allylic oxidation sites excluding steroid dienone is 22. The second-order valence-corrected chi connectivity index (χ2v) is 27.5. The van der Waals surface area contributed by atoms with Gasteiger partial charge in [0.25, 0.3) is 0 Å². The zero-order valence-corrected chi connectivity index (χ0v) is 62.2. The summed E-state index contributed by atoms with van der Waals surface area (Å²) in [5, 5.41) is 87.8. The number of ether oxygens (including phenoxy) is 4. The number of carbonyl (C=O) groups is 1. The van der Waals surface area contributed by atoms with Crippen molar-refractivity contribution < 1.29 is 64.6 Å². The average Bonchev–Trinajstić information content (AvgIpc) is 0.793. The van der Waals surface area contributed by atoms with E-state index in [1.807, 2.05) is 0 Å². The van der Waals surface area contributed by atoms with Gasteiger partial charge in [-0.1, -0.05) is 334 Å². The maximum Gasteiger partial charge on any atom is 0.220 e. The van der Waals surface area contributed by atoms with E-state index in [1.54, 1.807) is 0 Å². The average molecular weight is 1390 g/mol. The molecule has 0 radical (unpaired) electrons. The molecule has 2 heterocycles. The van der Waals surface area contributed by atoms with E-state index in [0.717, 1.165) is 116 Å². The van der Waals surface area contributed by atoms with Gasteiger partial charge in [0.15, 0.2) is 12.6 Å². The highest BCUT2D eigenvalue weighted by Gasteiger charge is 2.51. The van der Waals surface area contributed by atoms with Crippen molar-refractivity contribution in [2.75, 3.05) is 19.8 Å². The van der Waals surface area contributed by atoms with Crippen LogP contribution < -0.4 is 5.32 Å². The van der Waals surface area contributed by atoms with Crippen LogP contribution in [0, 0.1) is 0 Å². The quantitative estimate of drug-likeness (QED) is 0.0204. The van der Waals surface area contributed by atoms with E-state index in [2.05, 4.69) is 153 Å². The molecule has 2 aliphatic rings. The first kappa shape index (κ1) is 91.2. The summed E-state index contributed by atoms with van der Waals surface area (Å²) in [4.78, 5) is 13.4. The van der Waals surface area contributed by atoms with Crippen LogP contribution in [0.1, 0.15) is 303 Å². The number of amides is 1. The summed E-state index contributed by atoms with van der Waals surface area (Å²) < 4.78 is 22.9. The molecule has 99 heavy (non-hydrogen) atoms. The number of hydrogen-bond acceptors (Lipinski definition) is 13. The summed E-state index contributed by atoms with van der Waals surface area (Å²) in [7, 11) is 0. The van der Waals surface area contributed by atoms with E-state index in [9.17, 15) is 45.6 Å². The van der Waals surface area contributed by atoms with Crippen LogP contribution in [0.15, 0.2) is 134 Å². The molecule has 0 saturated carbocycles. The lowest BCUT2D eigenvalue weighted by Gasteiger charge is -2.46. The lowest BCUT2D eigenvalue weighted by atomic mass is 9.97. The summed E-state index contributed by atoms with van der Waals surface area (Å²) in [5.74, 6) is -0.240. The van der Waals surface area contributed by atoms with Crippen molar-refractivity contribution in [3.8, 4) is 0 Å². The Hall–Kier alpha value is -3.87. The Morgan fingerprint density at radius 2 is 0.697 bits per heavy atom. The minimum absolute atomic E-state index is 0.240. The van der Waals surface area contributed by atoms with Gasteiger partial charge < -0.3 is 65.1 Å². The monoisotopic (exact) mass is 1390 g/mol. The van der Waals surface area contributed by atoms with E-state index >= 15 is 0 Å². The van der Waals surface area contributed by atoms with E-state index < -0.39 is 86.8 Å². The van der Waals surface area contributed by atoms with Gasteiger partial charge in [0.2, 0.25) is 5.91 Å². The van der Waals surface area contributed by atoms with Crippen LogP contribution in [0.5, 0.6) is 0 Å². The Bertz CT molecular complexity index is 2180. The number of aliphatic hydroxyl groups is 8. The topological polar surface area (TPSA) is 228 Å². The molecule has 2 rings (SSSR count). The second-order valence-electron chi connectivity index (χ2n) is 27.5. The van der Waals surface area contributed by atoms with Crippen LogP contribution in [-0.2, 0) is 23.7 Å². The van der Waals surface area contributed by atoms with Crippen LogP contribution in [0.4, 0.5) is 0 Å². The molecule has 9 N–H and O–H groups in total. The van der Waals surface area contributed by atoms with Crippen LogP contribution >= 0.6 is 0 Å². The third kappa shape index (κ3) is 50.2. The molecule has 0 bridgehead atoms. The van der Waals surface area contributed by atoms with Crippen molar-refractivity contribution in [3.05, 3.63) is 134 Å². The second kappa shape index (κ2) is 67.3. The summed E-state index contributed by atoms with van der Waals surface area (Å²) in [6, 6.07) is -0.859. The minimum atomic E-state index is -1.79. The van der Waals surface area contributed by atoms with Gasteiger partial charge in [0.1, 0.15) is 48.8 Å². The van der Waals surface area contributed by atoms with Crippen LogP contribution in [0.3, 0.4) is 0 Å². The van der Waals surface area contributed by atoms with Gasteiger partial charge in [-0.05, 0) is 96.3 Å². The van der Waals surface area contributed by atoms with E-state index in [1.165, 1.54) is 154 Å². The molecule has 14 heteroatoms. The predicted octanol–water partition coefficient (Wildman–Crippen LogP) is 18.2. The van der Waals surface area contributed by atoms with Gasteiger partial charge in [-0.3, -0.25) is 4.79 Å². The first-order valence-corrected chi connectivity index (χ1v) is 39.9. The molecular weight excluding hydrogens is 1240 g/mol. The molecule has 14 nitrogen and oxygen atoms in total. The molecule has 0 aliphatic carbocycles. The molecule has 12 atom stereocenters. The normalized spacial score (nSPS) is 22.7. The van der Waals surface area contributed by atoms with Crippen LogP contribution in [-0.4, -0.2) is 140 Å². The molecule has 0 aromatic carbocycles. The van der Waals surface area contributed by atoms with Gasteiger partial charge in [-0.2, -0.15) is 0 Å². The SMILES string of the molecule is CC/C=C\C/C=C\C/C=C\C/C=C\C/C=C\C/C=C\C/C=C\C/C=C\C/C=C\C/C=C\C/C=C\CCCCCC(=O)NC(COC1OC(CO)C(OC2OC(CO)C(O)C(O)C2O)C(O)C1O)C(O)CCCCCCCCCCCCCCCCCCCCCCCCCCCCCC. The van der Waals surface area contributed by atoms with Crippen molar-refractivity contribution in [2.24, 2.45) is 0 Å². The number of nitrogens with one attached hydrogen (secondary N) is 1. The number of carbonyl (C=O) groups excluding carboxylic acids is 1. The van der Waals surface area contributed by atoms with Crippen molar-refractivity contribution in [1.82, 2.24) is 5.32 Å². The Morgan fingerprint density at radius 3 is 1.06 bits per heavy atom. The molecule has 2 aliphatic heterocycles. The largest absolute Gasteiger partial charge is 0.394 e. The molecule has 1 amide bonds. The molecule has 12 unspecified atom stereocenters. The highest BCUT2D eigenvalue weighted by Crippen LogP contribution is 2.30. The van der Waals surface area contributed by atoms with E-state index in [-0.39, 0.29) is 18.9 Å². The fraction of sp³-hybridized carbons (Fsp3) is 0.729. The van der Waals surface area contributed by atoms with Gasteiger partial charge in [0.05, 0.1) is 32.0 Å². The Balaban J connectivity index is 1.66. The molecule has 0 aromatic rings. The number of rotatable bonds is 65. The summed E-state index contributed by atoms with van der Waals surface area (Å²) in [6.45, 7) is 2.75. The summed E-state index contributed by atoms with van der Waals surface area (Å²) in [5.41, 5.74) is 0. The third-order valence-electron chi connectivity index (χ3n) is 18.6. The number of aliphatic hydroxyl groups excluding tert-OH is 8. The summed E-state index contributed by atoms with van der Waals surface area (Å²) in [6.07, 6.45) is 83.3. The molecule has 0 aromatic heterocycles. The van der Waals surface area contributed by atoms with Gasteiger partial charge in [-0.25, -0.2) is 0 Å². The summed E-state index contributed by atoms with van der Waals surface area (Å²) >= 11 is 0. The van der Waals surface area contributed by atoms with Crippen LogP contribution in [0.2, 0.25) is 0 Å². The Morgan fingerprint density at radius 1 is 0.374 bits per heavy atom. The van der Waals surface area contributed by atoms with Crippen molar-refractivity contribution in [2.45, 2.75) is 376 Å². The Kier molecular flexibility index (Phi) is 62.0. The van der Waals surface area contributed by atoms with Crippen LogP contribution in [0.25, 0.3) is 0 Å². The van der Waals surface area contributed by atoms with Crippen molar-refractivity contribution >= 4 is 5.91 Å². The fourth-order valence-corrected chi connectivity index (χ4v) is 12.4. The maximum atomic E-state index is 13.4.